The van der Waals surface area contributed by atoms with Crippen LogP contribution in [0.15, 0.2) is 67.0 Å². The molecule has 1 aromatic heterocycles. The van der Waals surface area contributed by atoms with Crippen LogP contribution in [0.2, 0.25) is 0 Å². The SMILES string of the molecule is COc1ccccc1NC(=O)c1cncc(C(=O)N2CCc3ccccc3C2)c1. The van der Waals surface area contributed by atoms with Gasteiger partial charge in [-0.05, 0) is 35.7 Å². The van der Waals surface area contributed by atoms with Crippen molar-refractivity contribution >= 4 is 17.5 Å². The second kappa shape index (κ2) is 8.14. The van der Waals surface area contributed by atoms with Crippen LogP contribution in [0.4, 0.5) is 5.69 Å². The summed E-state index contributed by atoms with van der Waals surface area (Å²) in [7, 11) is 1.54. The third kappa shape index (κ3) is 3.96. The Balaban J connectivity index is 1.51. The van der Waals surface area contributed by atoms with Gasteiger partial charge in [-0.2, -0.15) is 0 Å². The standard InChI is InChI=1S/C23H21N3O3/c1-29-21-9-5-4-8-20(21)25-22(27)18-12-19(14-24-13-18)23(28)26-11-10-16-6-2-3-7-17(16)15-26/h2-9,12-14H,10-11,15H2,1H3,(H,25,27). The quantitative estimate of drug-likeness (QED) is 0.743. The zero-order valence-electron chi connectivity index (χ0n) is 16.1. The van der Waals surface area contributed by atoms with Crippen molar-refractivity contribution in [2.75, 3.05) is 19.0 Å². The number of nitrogens with one attached hydrogen (secondary N) is 1. The summed E-state index contributed by atoms with van der Waals surface area (Å²) in [5.74, 6) is 0.0904. The molecule has 0 saturated heterocycles. The number of pyridine rings is 1. The van der Waals surface area contributed by atoms with E-state index >= 15 is 0 Å². The van der Waals surface area contributed by atoms with E-state index in [2.05, 4.69) is 16.4 Å². The van der Waals surface area contributed by atoms with E-state index in [4.69, 9.17) is 4.74 Å². The monoisotopic (exact) mass is 387 g/mol. The van der Waals surface area contributed by atoms with Gasteiger partial charge in [-0.3, -0.25) is 14.6 Å². The first-order valence-corrected chi connectivity index (χ1v) is 9.41. The number of ether oxygens (including phenoxy) is 1. The molecule has 0 spiro atoms. The van der Waals surface area contributed by atoms with Crippen LogP contribution in [0.3, 0.4) is 0 Å². The van der Waals surface area contributed by atoms with Crippen molar-refractivity contribution in [3.05, 3.63) is 89.2 Å². The minimum Gasteiger partial charge on any atom is -0.495 e. The van der Waals surface area contributed by atoms with Gasteiger partial charge >= 0.3 is 0 Å². The van der Waals surface area contributed by atoms with Gasteiger partial charge in [0, 0.05) is 25.5 Å². The van der Waals surface area contributed by atoms with Gasteiger partial charge in [-0.25, -0.2) is 0 Å². The van der Waals surface area contributed by atoms with Crippen molar-refractivity contribution < 1.29 is 14.3 Å². The number of carbonyl (C=O) groups is 2. The number of carbonyl (C=O) groups excluding carboxylic acids is 2. The fourth-order valence-corrected chi connectivity index (χ4v) is 3.48. The largest absolute Gasteiger partial charge is 0.495 e. The zero-order chi connectivity index (χ0) is 20.2. The molecule has 0 fully saturated rings. The first-order chi connectivity index (χ1) is 14.2. The maximum absolute atomic E-state index is 13.0. The summed E-state index contributed by atoms with van der Waals surface area (Å²) in [6.45, 7) is 1.21. The van der Waals surface area contributed by atoms with E-state index in [1.807, 2.05) is 30.3 Å². The van der Waals surface area contributed by atoms with Crippen molar-refractivity contribution in [3.8, 4) is 5.75 Å². The van der Waals surface area contributed by atoms with Gasteiger partial charge < -0.3 is 15.0 Å². The molecule has 4 rings (SSSR count). The lowest BCUT2D eigenvalue weighted by molar-refractivity contribution is 0.0734. The molecule has 1 N–H and O–H groups in total. The van der Waals surface area contributed by atoms with E-state index in [9.17, 15) is 9.59 Å². The van der Waals surface area contributed by atoms with Gasteiger partial charge in [0.05, 0.1) is 23.9 Å². The van der Waals surface area contributed by atoms with Gasteiger partial charge in [0.2, 0.25) is 0 Å². The second-order valence-corrected chi connectivity index (χ2v) is 6.86. The molecule has 2 heterocycles. The van der Waals surface area contributed by atoms with Crippen molar-refractivity contribution in [2.24, 2.45) is 0 Å². The number of amides is 2. The number of nitrogens with zero attached hydrogens (tertiary/aromatic N) is 2. The lowest BCUT2D eigenvalue weighted by Gasteiger charge is -2.28. The van der Waals surface area contributed by atoms with Gasteiger partial charge in [0.1, 0.15) is 5.75 Å². The fourth-order valence-electron chi connectivity index (χ4n) is 3.48. The van der Waals surface area contributed by atoms with Crippen LogP contribution in [0, 0.1) is 0 Å². The number of para-hydroxylation sites is 2. The lowest BCUT2D eigenvalue weighted by atomic mass is 9.99. The Morgan fingerprint density at radius 1 is 1.00 bits per heavy atom. The van der Waals surface area contributed by atoms with Gasteiger partial charge in [0.15, 0.2) is 0 Å². The van der Waals surface area contributed by atoms with Crippen LogP contribution in [0.25, 0.3) is 0 Å². The first-order valence-electron chi connectivity index (χ1n) is 9.41. The molecule has 3 aromatic rings. The number of benzene rings is 2. The van der Waals surface area contributed by atoms with E-state index in [-0.39, 0.29) is 11.8 Å². The molecular formula is C23H21N3O3. The summed E-state index contributed by atoms with van der Waals surface area (Å²) in [4.78, 5) is 31.5. The Hall–Kier alpha value is -3.67. The van der Waals surface area contributed by atoms with Crippen LogP contribution in [0.5, 0.6) is 5.75 Å². The molecule has 2 amide bonds. The molecule has 0 radical (unpaired) electrons. The van der Waals surface area contributed by atoms with Crippen LogP contribution in [-0.4, -0.2) is 35.4 Å². The normalized spacial score (nSPS) is 12.8. The average Bonchev–Trinajstić information content (AvgIpc) is 2.78. The molecule has 0 saturated carbocycles. The van der Waals surface area contributed by atoms with Crippen LogP contribution < -0.4 is 10.1 Å². The van der Waals surface area contributed by atoms with E-state index in [1.54, 1.807) is 30.2 Å². The van der Waals surface area contributed by atoms with E-state index < -0.39 is 0 Å². The van der Waals surface area contributed by atoms with Crippen molar-refractivity contribution in [1.82, 2.24) is 9.88 Å². The van der Waals surface area contributed by atoms with Crippen molar-refractivity contribution in [1.29, 1.82) is 0 Å². The van der Waals surface area contributed by atoms with Gasteiger partial charge in [-0.1, -0.05) is 36.4 Å². The highest BCUT2D eigenvalue weighted by Crippen LogP contribution is 2.24. The Morgan fingerprint density at radius 3 is 2.55 bits per heavy atom. The molecule has 6 nitrogen and oxygen atoms in total. The summed E-state index contributed by atoms with van der Waals surface area (Å²) >= 11 is 0. The number of hydrogen-bond acceptors (Lipinski definition) is 4. The average molecular weight is 387 g/mol. The highest BCUT2D eigenvalue weighted by Gasteiger charge is 2.22. The smallest absolute Gasteiger partial charge is 0.257 e. The molecule has 29 heavy (non-hydrogen) atoms. The summed E-state index contributed by atoms with van der Waals surface area (Å²) < 4.78 is 5.26. The Kier molecular flexibility index (Phi) is 5.24. The third-order valence-corrected chi connectivity index (χ3v) is 5.02. The van der Waals surface area contributed by atoms with Crippen LogP contribution >= 0.6 is 0 Å². The van der Waals surface area contributed by atoms with Gasteiger partial charge in [0.25, 0.3) is 11.8 Å². The molecule has 0 unspecified atom stereocenters. The number of methoxy groups -OCH3 is 1. The number of aromatic nitrogens is 1. The maximum atomic E-state index is 13.0. The summed E-state index contributed by atoms with van der Waals surface area (Å²) in [5, 5.41) is 2.81. The van der Waals surface area contributed by atoms with Crippen molar-refractivity contribution in [3.63, 3.8) is 0 Å². The minimum absolute atomic E-state index is 0.126. The molecule has 0 bridgehead atoms. The summed E-state index contributed by atoms with van der Waals surface area (Å²) in [6, 6.07) is 16.9. The second-order valence-electron chi connectivity index (χ2n) is 6.86. The van der Waals surface area contributed by atoms with Crippen LogP contribution in [-0.2, 0) is 13.0 Å². The molecule has 6 heteroatoms. The Morgan fingerprint density at radius 2 is 1.72 bits per heavy atom. The first kappa shape index (κ1) is 18.7. The third-order valence-electron chi connectivity index (χ3n) is 5.02. The lowest BCUT2D eigenvalue weighted by Crippen LogP contribution is -2.36. The summed E-state index contributed by atoms with van der Waals surface area (Å²) in [5.41, 5.74) is 3.71. The van der Waals surface area contributed by atoms with Crippen LogP contribution in [0.1, 0.15) is 31.8 Å². The molecule has 0 atom stereocenters. The number of rotatable bonds is 4. The predicted molar refractivity (Wildman–Crippen MR) is 110 cm³/mol. The van der Waals surface area contributed by atoms with Crippen molar-refractivity contribution in [2.45, 2.75) is 13.0 Å². The highest BCUT2D eigenvalue weighted by atomic mass is 16.5. The highest BCUT2D eigenvalue weighted by molar-refractivity contribution is 6.06. The fraction of sp³-hybridized carbons (Fsp3) is 0.174. The predicted octanol–water partition coefficient (Wildman–Crippen LogP) is 3.54. The topological polar surface area (TPSA) is 71.5 Å². The van der Waals surface area contributed by atoms with E-state index in [1.165, 1.54) is 18.0 Å². The van der Waals surface area contributed by atoms with Gasteiger partial charge in [-0.15, -0.1) is 0 Å². The van der Waals surface area contributed by atoms with E-state index in [0.29, 0.717) is 35.7 Å². The molecule has 1 aliphatic rings. The maximum Gasteiger partial charge on any atom is 0.257 e. The summed E-state index contributed by atoms with van der Waals surface area (Å²) in [6.07, 6.45) is 3.78. The Labute approximate surface area is 169 Å². The zero-order valence-corrected chi connectivity index (χ0v) is 16.1. The number of anilines is 1. The van der Waals surface area contributed by atoms with E-state index in [0.717, 1.165) is 12.0 Å². The molecule has 0 aliphatic carbocycles. The number of hydrogen-bond donors (Lipinski definition) is 1. The molecule has 146 valence electrons. The molecule has 2 aromatic carbocycles. The molecule has 1 aliphatic heterocycles. The minimum atomic E-state index is -0.347. The molecular weight excluding hydrogens is 366 g/mol. The number of fused-ring (bicyclic) bond motifs is 1. The Bertz CT molecular complexity index is 1060.